The molecule has 0 N–H and O–H groups in total. The molecule has 0 aliphatic heterocycles. The van der Waals surface area contributed by atoms with Gasteiger partial charge >= 0.3 is 0 Å². The molecule has 2 heteroatoms. The average Bonchev–Trinajstić information content (AvgIpc) is 3.12. The molecule has 47 heavy (non-hydrogen) atoms. The van der Waals surface area contributed by atoms with Crippen LogP contribution < -0.4 is 9.64 Å². The van der Waals surface area contributed by atoms with E-state index in [0.29, 0.717) is 0 Å². The molecule has 0 amide bonds. The van der Waals surface area contributed by atoms with E-state index in [2.05, 4.69) is 142 Å². The molecule has 246 valence electrons. The first-order chi connectivity index (χ1) is 22.9. The lowest BCUT2D eigenvalue weighted by Gasteiger charge is -2.26. The van der Waals surface area contributed by atoms with Crippen molar-refractivity contribution in [1.29, 1.82) is 0 Å². The predicted molar refractivity (Wildman–Crippen MR) is 208 cm³/mol. The molecule has 0 bridgehead atoms. The SMILES string of the molecule is C=C/C(=C\C)N(c1ccccc1)c1ccc(-c2ccc(C)cc2)cc1.CC.CCCCCOc1ccc(C)cc1.Cc1ccccc1. The molecule has 0 heterocycles. The van der Waals surface area contributed by atoms with Gasteiger partial charge in [-0.2, -0.15) is 0 Å². The second-order valence-corrected chi connectivity index (χ2v) is 11.0. The van der Waals surface area contributed by atoms with E-state index in [1.165, 1.54) is 40.7 Å². The first-order valence-electron chi connectivity index (χ1n) is 17.0. The van der Waals surface area contributed by atoms with Gasteiger partial charge in [0.1, 0.15) is 5.75 Å². The zero-order chi connectivity index (χ0) is 34.3. The molecule has 0 spiro atoms. The van der Waals surface area contributed by atoms with Crippen molar-refractivity contribution in [2.24, 2.45) is 0 Å². The van der Waals surface area contributed by atoms with Crippen molar-refractivity contribution in [2.45, 2.75) is 67.7 Å². The molecule has 0 unspecified atom stereocenters. The molecule has 0 radical (unpaired) electrons. The molecule has 5 rings (SSSR count). The van der Waals surface area contributed by atoms with Crippen LogP contribution in [0.1, 0.15) is 63.6 Å². The van der Waals surface area contributed by atoms with E-state index in [4.69, 9.17) is 4.74 Å². The van der Waals surface area contributed by atoms with Crippen LogP contribution in [0.4, 0.5) is 11.4 Å². The van der Waals surface area contributed by atoms with Crippen molar-refractivity contribution in [1.82, 2.24) is 0 Å². The van der Waals surface area contributed by atoms with Crippen molar-refractivity contribution in [3.05, 3.63) is 175 Å². The molecule has 0 aliphatic carbocycles. The molecule has 0 fully saturated rings. The molecule has 0 aromatic heterocycles. The minimum Gasteiger partial charge on any atom is -0.494 e. The van der Waals surface area contributed by atoms with Crippen LogP contribution in [-0.2, 0) is 0 Å². The van der Waals surface area contributed by atoms with Gasteiger partial charge in [-0.25, -0.2) is 0 Å². The Hall–Kier alpha value is -4.82. The van der Waals surface area contributed by atoms with Gasteiger partial charge in [0, 0.05) is 17.1 Å². The van der Waals surface area contributed by atoms with Gasteiger partial charge < -0.3 is 9.64 Å². The van der Waals surface area contributed by atoms with Gasteiger partial charge in [-0.3, -0.25) is 0 Å². The third-order valence-corrected chi connectivity index (χ3v) is 7.27. The van der Waals surface area contributed by atoms with E-state index in [1.54, 1.807) is 0 Å². The van der Waals surface area contributed by atoms with Crippen molar-refractivity contribution >= 4 is 11.4 Å². The molecular formula is C45H55NO. The Morgan fingerprint density at radius 3 is 1.49 bits per heavy atom. The summed E-state index contributed by atoms with van der Waals surface area (Å²) in [6.45, 7) is 19.3. The second-order valence-electron chi connectivity index (χ2n) is 11.0. The lowest BCUT2D eigenvalue weighted by Crippen LogP contribution is -2.14. The largest absolute Gasteiger partial charge is 0.494 e. The third-order valence-electron chi connectivity index (χ3n) is 7.27. The maximum atomic E-state index is 5.56. The summed E-state index contributed by atoms with van der Waals surface area (Å²) in [5.74, 6) is 0.988. The normalized spacial score (nSPS) is 10.1. The van der Waals surface area contributed by atoms with Gasteiger partial charge in [-0.15, -0.1) is 0 Å². The smallest absolute Gasteiger partial charge is 0.119 e. The van der Waals surface area contributed by atoms with Crippen molar-refractivity contribution < 1.29 is 4.74 Å². The van der Waals surface area contributed by atoms with E-state index >= 15 is 0 Å². The van der Waals surface area contributed by atoms with Gasteiger partial charge in [0.25, 0.3) is 0 Å². The highest BCUT2D eigenvalue weighted by molar-refractivity contribution is 5.73. The molecule has 0 atom stereocenters. The first kappa shape index (κ1) is 38.4. The van der Waals surface area contributed by atoms with Gasteiger partial charge in [-0.05, 0) is 87.7 Å². The Morgan fingerprint density at radius 2 is 1.04 bits per heavy atom. The Morgan fingerprint density at radius 1 is 0.596 bits per heavy atom. The predicted octanol–water partition coefficient (Wildman–Crippen LogP) is 13.5. The summed E-state index contributed by atoms with van der Waals surface area (Å²) in [5, 5.41) is 0. The number of para-hydroxylation sites is 1. The minimum atomic E-state index is 0.844. The van der Waals surface area contributed by atoms with E-state index < -0.39 is 0 Å². The number of nitrogens with zero attached hydrogens (tertiary/aromatic N) is 1. The second kappa shape index (κ2) is 22.6. The zero-order valence-electron chi connectivity index (χ0n) is 29.7. The third kappa shape index (κ3) is 14.0. The molecule has 2 nitrogen and oxygen atoms in total. The molecular weight excluding hydrogens is 571 g/mol. The molecule has 0 saturated heterocycles. The molecule has 0 saturated carbocycles. The number of rotatable bonds is 10. The highest BCUT2D eigenvalue weighted by Gasteiger charge is 2.12. The van der Waals surface area contributed by atoms with Gasteiger partial charge in [0.05, 0.1) is 6.61 Å². The first-order valence-corrected chi connectivity index (χ1v) is 17.0. The fraction of sp³-hybridized carbons (Fsp3) is 0.244. The van der Waals surface area contributed by atoms with Crippen LogP contribution in [-0.4, -0.2) is 6.61 Å². The summed E-state index contributed by atoms with van der Waals surface area (Å²) in [5.41, 5.74) is 9.64. The zero-order valence-corrected chi connectivity index (χ0v) is 29.7. The summed E-state index contributed by atoms with van der Waals surface area (Å²) in [4.78, 5) is 2.21. The molecule has 0 aliphatic rings. The Bertz CT molecular complexity index is 1540. The van der Waals surface area contributed by atoms with Crippen LogP contribution in [0.25, 0.3) is 11.1 Å². The van der Waals surface area contributed by atoms with Crippen LogP contribution in [0, 0.1) is 20.8 Å². The van der Waals surface area contributed by atoms with E-state index in [0.717, 1.165) is 35.8 Å². The molecule has 5 aromatic carbocycles. The van der Waals surface area contributed by atoms with E-state index in [1.807, 2.05) is 63.2 Å². The summed E-state index contributed by atoms with van der Waals surface area (Å²) < 4.78 is 5.56. The summed E-state index contributed by atoms with van der Waals surface area (Å²) in [6, 6.07) is 46.1. The lowest BCUT2D eigenvalue weighted by atomic mass is 10.0. The summed E-state index contributed by atoms with van der Waals surface area (Å²) in [6.07, 6.45) is 7.63. The number of aryl methyl sites for hydroxylation is 3. The van der Waals surface area contributed by atoms with Crippen molar-refractivity contribution in [3.63, 3.8) is 0 Å². The maximum Gasteiger partial charge on any atom is 0.119 e. The van der Waals surface area contributed by atoms with Crippen LogP contribution in [0.15, 0.2) is 158 Å². The van der Waals surface area contributed by atoms with E-state index in [9.17, 15) is 0 Å². The minimum absolute atomic E-state index is 0.844. The van der Waals surface area contributed by atoms with Gasteiger partial charge in [0.2, 0.25) is 0 Å². The number of unbranched alkanes of at least 4 members (excludes halogenated alkanes) is 2. The van der Waals surface area contributed by atoms with Crippen LogP contribution >= 0.6 is 0 Å². The Balaban J connectivity index is 0.000000289. The van der Waals surface area contributed by atoms with Gasteiger partial charge in [0.15, 0.2) is 0 Å². The van der Waals surface area contributed by atoms with E-state index in [-0.39, 0.29) is 0 Å². The van der Waals surface area contributed by atoms with Crippen LogP contribution in [0.3, 0.4) is 0 Å². The Kier molecular flexibility index (Phi) is 18.5. The quantitative estimate of drug-likeness (QED) is 0.113. The lowest BCUT2D eigenvalue weighted by molar-refractivity contribution is 0.306. The monoisotopic (exact) mass is 625 g/mol. The van der Waals surface area contributed by atoms with Crippen molar-refractivity contribution in [3.8, 4) is 16.9 Å². The number of hydrogen-bond donors (Lipinski definition) is 0. The summed E-state index contributed by atoms with van der Waals surface area (Å²) >= 11 is 0. The van der Waals surface area contributed by atoms with Crippen LogP contribution in [0.5, 0.6) is 5.75 Å². The highest BCUT2D eigenvalue weighted by Crippen LogP contribution is 2.32. The summed E-state index contributed by atoms with van der Waals surface area (Å²) in [7, 11) is 0. The maximum absolute atomic E-state index is 5.56. The average molecular weight is 626 g/mol. The fourth-order valence-corrected chi connectivity index (χ4v) is 4.62. The number of allylic oxidation sites excluding steroid dienone is 2. The van der Waals surface area contributed by atoms with Crippen LogP contribution in [0.2, 0.25) is 0 Å². The standard InChI is InChI=1S/C24H23N.C12H18O.C7H8.C2H6/c1-4-22(5-2)25(23-9-7-6-8-10-23)24-17-15-21(16-18-24)20-13-11-19(3)12-14-20;1-3-4-5-10-13-12-8-6-11(2)7-9-12;1-7-5-3-2-4-6-7;1-2/h4-18H,1H2,2-3H3;6-9H,3-5,10H2,1-2H3;2-6H,1H3;1-2H3/b22-5+;;;. The van der Waals surface area contributed by atoms with Gasteiger partial charge in [-0.1, -0.05) is 160 Å². The Labute approximate surface area is 286 Å². The number of benzene rings is 5. The number of anilines is 2. The van der Waals surface area contributed by atoms with Crippen molar-refractivity contribution in [2.75, 3.05) is 11.5 Å². The number of hydrogen-bond acceptors (Lipinski definition) is 2. The fourth-order valence-electron chi connectivity index (χ4n) is 4.62. The number of ether oxygens (including phenoxy) is 1. The highest BCUT2D eigenvalue weighted by atomic mass is 16.5. The topological polar surface area (TPSA) is 12.5 Å². The molecule has 5 aromatic rings.